The fourth-order valence-electron chi connectivity index (χ4n) is 3.72. The molecule has 1 aromatic heterocycles. The minimum Gasteiger partial charge on any atom is -0.370 e. The molecule has 29 heavy (non-hydrogen) atoms. The van der Waals surface area contributed by atoms with E-state index in [-0.39, 0.29) is 5.02 Å². The van der Waals surface area contributed by atoms with Crippen LogP contribution < -0.4 is 5.32 Å². The zero-order chi connectivity index (χ0) is 20.8. The van der Waals surface area contributed by atoms with E-state index in [1.54, 1.807) is 0 Å². The van der Waals surface area contributed by atoms with E-state index in [1.807, 2.05) is 36.7 Å². The molecule has 3 nitrogen and oxygen atoms in total. The van der Waals surface area contributed by atoms with E-state index < -0.39 is 11.7 Å². The minimum atomic E-state index is -4.44. The number of alkyl halides is 3. The van der Waals surface area contributed by atoms with E-state index in [9.17, 15) is 13.2 Å². The van der Waals surface area contributed by atoms with Crippen LogP contribution in [0.1, 0.15) is 35.1 Å². The number of aromatic nitrogens is 2. The molecule has 0 saturated carbocycles. The highest BCUT2D eigenvalue weighted by atomic mass is 35.5. The van der Waals surface area contributed by atoms with E-state index in [2.05, 4.69) is 5.32 Å². The predicted molar refractivity (Wildman–Crippen MR) is 110 cm³/mol. The number of nitrogens with one attached hydrogen (secondary N) is 1. The first kappa shape index (κ1) is 19.8. The Balaban J connectivity index is 1.96. The van der Waals surface area contributed by atoms with Gasteiger partial charge in [0, 0.05) is 17.7 Å². The summed E-state index contributed by atoms with van der Waals surface area (Å²) < 4.78 is 41.7. The van der Waals surface area contributed by atoms with Crippen molar-refractivity contribution in [3.63, 3.8) is 0 Å². The second-order valence-corrected chi connectivity index (χ2v) is 7.86. The van der Waals surface area contributed by atoms with Crippen LogP contribution in [0.2, 0.25) is 5.02 Å². The SMILES string of the molecule is Cc1ccc(C)c(-n2nc(-c3cc(C(F)(F)F)ccc3Cl)c3c2NCCCC3)c1. The lowest BCUT2D eigenvalue weighted by Crippen LogP contribution is -2.08. The Kier molecular flexibility index (Phi) is 5.07. The topological polar surface area (TPSA) is 29.9 Å². The predicted octanol–water partition coefficient (Wildman–Crippen LogP) is 6.58. The average molecular weight is 420 g/mol. The summed E-state index contributed by atoms with van der Waals surface area (Å²) in [6, 6.07) is 9.49. The summed E-state index contributed by atoms with van der Waals surface area (Å²) in [6.07, 6.45) is -1.79. The molecule has 1 aliphatic rings. The Bertz CT molecular complexity index is 1070. The van der Waals surface area contributed by atoms with Crippen molar-refractivity contribution in [1.29, 1.82) is 0 Å². The maximum Gasteiger partial charge on any atom is 0.416 e. The molecule has 152 valence electrons. The number of aryl methyl sites for hydroxylation is 2. The van der Waals surface area contributed by atoms with Gasteiger partial charge in [0.05, 0.1) is 22.0 Å². The highest BCUT2D eigenvalue weighted by molar-refractivity contribution is 6.33. The molecule has 1 aliphatic heterocycles. The van der Waals surface area contributed by atoms with E-state index in [0.717, 1.165) is 66.1 Å². The molecule has 3 aromatic rings. The van der Waals surface area contributed by atoms with Gasteiger partial charge in [0.1, 0.15) is 5.82 Å². The number of hydrogen-bond donors (Lipinski definition) is 1. The molecule has 0 fully saturated rings. The van der Waals surface area contributed by atoms with Gasteiger partial charge in [-0.3, -0.25) is 0 Å². The summed E-state index contributed by atoms with van der Waals surface area (Å²) in [4.78, 5) is 0. The molecule has 2 heterocycles. The van der Waals surface area contributed by atoms with Crippen LogP contribution in [0.15, 0.2) is 36.4 Å². The molecular weight excluding hydrogens is 399 g/mol. The van der Waals surface area contributed by atoms with Crippen LogP contribution >= 0.6 is 11.6 Å². The van der Waals surface area contributed by atoms with Gasteiger partial charge < -0.3 is 5.32 Å². The summed E-state index contributed by atoms with van der Waals surface area (Å²) >= 11 is 6.34. The van der Waals surface area contributed by atoms with Crippen LogP contribution in [-0.2, 0) is 12.6 Å². The monoisotopic (exact) mass is 419 g/mol. The smallest absolute Gasteiger partial charge is 0.370 e. The van der Waals surface area contributed by atoms with Crippen molar-refractivity contribution in [2.75, 3.05) is 11.9 Å². The highest BCUT2D eigenvalue weighted by Crippen LogP contribution is 2.40. The fourth-order valence-corrected chi connectivity index (χ4v) is 3.93. The molecule has 2 aromatic carbocycles. The number of anilines is 1. The van der Waals surface area contributed by atoms with Gasteiger partial charge in [-0.25, -0.2) is 4.68 Å². The molecule has 7 heteroatoms. The quantitative estimate of drug-likeness (QED) is 0.508. The molecule has 0 saturated heterocycles. The third kappa shape index (κ3) is 3.73. The number of halogens is 4. The Morgan fingerprint density at radius 1 is 1.07 bits per heavy atom. The van der Waals surface area contributed by atoms with Gasteiger partial charge in [-0.05, 0) is 68.5 Å². The van der Waals surface area contributed by atoms with Crippen LogP contribution in [-0.4, -0.2) is 16.3 Å². The lowest BCUT2D eigenvalue weighted by atomic mass is 10.0. The zero-order valence-electron chi connectivity index (χ0n) is 16.2. The molecule has 0 bridgehead atoms. The maximum absolute atomic E-state index is 13.3. The maximum atomic E-state index is 13.3. The lowest BCUT2D eigenvalue weighted by Gasteiger charge is -2.12. The second-order valence-electron chi connectivity index (χ2n) is 7.45. The Labute approximate surface area is 172 Å². The molecule has 0 aliphatic carbocycles. The van der Waals surface area contributed by atoms with Gasteiger partial charge in [-0.15, -0.1) is 0 Å². The highest BCUT2D eigenvalue weighted by Gasteiger charge is 2.32. The number of nitrogens with zero attached hydrogens (tertiary/aromatic N) is 2. The second kappa shape index (κ2) is 7.41. The van der Waals surface area contributed by atoms with Crippen molar-refractivity contribution < 1.29 is 13.2 Å². The normalized spacial score (nSPS) is 14.3. The number of rotatable bonds is 2. The van der Waals surface area contributed by atoms with E-state index in [1.165, 1.54) is 6.07 Å². The van der Waals surface area contributed by atoms with Crippen molar-refractivity contribution in [2.45, 2.75) is 39.3 Å². The third-order valence-corrected chi connectivity index (χ3v) is 5.60. The first-order valence-corrected chi connectivity index (χ1v) is 9.94. The van der Waals surface area contributed by atoms with Crippen molar-refractivity contribution in [3.8, 4) is 16.9 Å². The van der Waals surface area contributed by atoms with Crippen LogP contribution in [0.3, 0.4) is 0 Å². The average Bonchev–Trinajstić information content (AvgIpc) is 2.84. The van der Waals surface area contributed by atoms with Crippen molar-refractivity contribution in [1.82, 2.24) is 9.78 Å². The number of benzene rings is 2. The van der Waals surface area contributed by atoms with Gasteiger partial charge in [0.25, 0.3) is 0 Å². The number of hydrogen-bond acceptors (Lipinski definition) is 2. The first-order valence-electron chi connectivity index (χ1n) is 9.56. The van der Waals surface area contributed by atoms with Gasteiger partial charge in [0.15, 0.2) is 0 Å². The van der Waals surface area contributed by atoms with Gasteiger partial charge in [-0.1, -0.05) is 23.7 Å². The van der Waals surface area contributed by atoms with Gasteiger partial charge >= 0.3 is 6.18 Å². The molecule has 4 rings (SSSR count). The van der Waals surface area contributed by atoms with E-state index in [4.69, 9.17) is 16.7 Å². The van der Waals surface area contributed by atoms with Crippen LogP contribution in [0, 0.1) is 13.8 Å². The molecule has 0 amide bonds. The van der Waals surface area contributed by atoms with Crippen molar-refractivity contribution in [3.05, 3.63) is 63.7 Å². The molecule has 0 radical (unpaired) electrons. The summed E-state index contributed by atoms with van der Waals surface area (Å²) in [5.41, 5.74) is 4.02. The van der Waals surface area contributed by atoms with Gasteiger partial charge in [0.2, 0.25) is 0 Å². The number of fused-ring (bicyclic) bond motifs is 1. The summed E-state index contributed by atoms with van der Waals surface area (Å²) in [5, 5.41) is 8.45. The Morgan fingerprint density at radius 3 is 2.62 bits per heavy atom. The minimum absolute atomic E-state index is 0.260. The lowest BCUT2D eigenvalue weighted by molar-refractivity contribution is -0.137. The van der Waals surface area contributed by atoms with Crippen molar-refractivity contribution in [2.24, 2.45) is 0 Å². The fraction of sp³-hybridized carbons (Fsp3) is 0.318. The Morgan fingerprint density at radius 2 is 1.86 bits per heavy atom. The standard InChI is InChI=1S/C22H21ClF3N3/c1-13-6-7-14(2)19(11-13)29-21-16(5-3-4-10-27-21)20(28-29)17-12-15(22(24,25)26)8-9-18(17)23/h6-9,11-12,27H,3-5,10H2,1-2H3. The summed E-state index contributed by atoms with van der Waals surface area (Å²) in [6.45, 7) is 4.79. The van der Waals surface area contributed by atoms with Crippen LogP contribution in [0.25, 0.3) is 16.9 Å². The van der Waals surface area contributed by atoms with Gasteiger partial charge in [-0.2, -0.15) is 18.3 Å². The largest absolute Gasteiger partial charge is 0.416 e. The van der Waals surface area contributed by atoms with E-state index in [0.29, 0.717) is 11.3 Å². The van der Waals surface area contributed by atoms with Crippen LogP contribution in [0.5, 0.6) is 0 Å². The molecular formula is C22H21ClF3N3. The molecule has 1 N–H and O–H groups in total. The third-order valence-electron chi connectivity index (χ3n) is 5.27. The molecule has 0 atom stereocenters. The molecule has 0 spiro atoms. The first-order chi connectivity index (χ1) is 13.8. The van der Waals surface area contributed by atoms with Crippen molar-refractivity contribution >= 4 is 17.4 Å². The summed E-state index contributed by atoms with van der Waals surface area (Å²) in [7, 11) is 0. The van der Waals surface area contributed by atoms with E-state index >= 15 is 0 Å². The summed E-state index contributed by atoms with van der Waals surface area (Å²) in [5.74, 6) is 0.833. The Hall–Kier alpha value is -2.47. The molecule has 0 unspecified atom stereocenters. The van der Waals surface area contributed by atoms with Crippen LogP contribution in [0.4, 0.5) is 19.0 Å². The zero-order valence-corrected chi connectivity index (χ0v) is 17.0.